The molecule has 0 radical (unpaired) electrons. The quantitative estimate of drug-likeness (QED) is 0.730. The molecular formula is C19H25Cl2N3OS. The Morgan fingerprint density at radius 3 is 2.42 bits per heavy atom. The van der Waals surface area contributed by atoms with Crippen LogP contribution < -0.4 is 11.1 Å². The molecule has 1 heterocycles. The predicted molar refractivity (Wildman–Crippen MR) is 117 cm³/mol. The maximum Gasteiger partial charge on any atom is 0.228 e. The van der Waals surface area contributed by atoms with Gasteiger partial charge in [-0.3, -0.25) is 9.69 Å². The fraction of sp³-hybridized carbons (Fsp3) is 0.316. The molecule has 0 unspecified atom stereocenters. The highest BCUT2D eigenvalue weighted by Crippen LogP contribution is 2.16. The van der Waals surface area contributed by atoms with Crippen LogP contribution in [0.25, 0.3) is 0 Å². The van der Waals surface area contributed by atoms with Gasteiger partial charge in [-0.25, -0.2) is 0 Å². The lowest BCUT2D eigenvalue weighted by molar-refractivity contribution is -0.115. The van der Waals surface area contributed by atoms with Crippen molar-refractivity contribution in [3.05, 3.63) is 59.7 Å². The number of nitrogens with one attached hydrogen (secondary N) is 1. The van der Waals surface area contributed by atoms with E-state index in [0.717, 1.165) is 30.9 Å². The van der Waals surface area contributed by atoms with Gasteiger partial charge in [0.15, 0.2) is 0 Å². The molecule has 26 heavy (non-hydrogen) atoms. The van der Waals surface area contributed by atoms with E-state index in [4.69, 9.17) is 5.73 Å². The minimum Gasteiger partial charge on any atom is -0.399 e. The van der Waals surface area contributed by atoms with Crippen LogP contribution in [-0.2, 0) is 17.8 Å². The highest BCUT2D eigenvalue weighted by Gasteiger charge is 2.11. The minimum absolute atomic E-state index is 0. The Bertz CT molecular complexity index is 691. The third kappa shape index (κ3) is 7.08. The first-order chi connectivity index (χ1) is 11.7. The topological polar surface area (TPSA) is 58.4 Å². The standard InChI is InChI=1S/C19H23N3OS.2ClH/c20-17-6-4-15(5-7-17)13-19(23)21-18-3-1-2-16(12-18)14-22-8-10-24-11-9-22;;/h1-7,12H,8-11,13-14,20H2,(H,21,23);2*1H. The average Bonchev–Trinajstić information content (AvgIpc) is 2.58. The zero-order valence-corrected chi connectivity index (χ0v) is 17.0. The molecule has 3 N–H and O–H groups in total. The third-order valence-electron chi connectivity index (χ3n) is 4.07. The largest absolute Gasteiger partial charge is 0.399 e. The second-order valence-corrected chi connectivity index (χ2v) is 7.28. The predicted octanol–water partition coefficient (Wildman–Crippen LogP) is 3.84. The van der Waals surface area contributed by atoms with E-state index in [-0.39, 0.29) is 30.7 Å². The number of benzene rings is 2. The molecule has 1 amide bonds. The van der Waals surface area contributed by atoms with E-state index >= 15 is 0 Å². The van der Waals surface area contributed by atoms with Gasteiger partial charge in [0.1, 0.15) is 0 Å². The van der Waals surface area contributed by atoms with Gasteiger partial charge >= 0.3 is 0 Å². The number of halogens is 2. The summed E-state index contributed by atoms with van der Waals surface area (Å²) < 4.78 is 0. The smallest absolute Gasteiger partial charge is 0.228 e. The molecule has 142 valence electrons. The highest BCUT2D eigenvalue weighted by atomic mass is 35.5. The number of amides is 1. The number of carbonyl (C=O) groups is 1. The Labute approximate surface area is 171 Å². The van der Waals surface area contributed by atoms with Gasteiger partial charge in [0.05, 0.1) is 6.42 Å². The van der Waals surface area contributed by atoms with Crippen molar-refractivity contribution in [2.75, 3.05) is 35.6 Å². The van der Waals surface area contributed by atoms with Gasteiger partial charge in [0, 0.05) is 42.5 Å². The number of nitrogens with two attached hydrogens (primary N) is 1. The Morgan fingerprint density at radius 2 is 1.73 bits per heavy atom. The number of rotatable bonds is 5. The van der Waals surface area contributed by atoms with Crippen molar-refractivity contribution in [3.8, 4) is 0 Å². The fourth-order valence-electron chi connectivity index (χ4n) is 2.79. The number of nitrogens with zero attached hydrogens (tertiary/aromatic N) is 1. The summed E-state index contributed by atoms with van der Waals surface area (Å²) in [7, 11) is 0. The van der Waals surface area contributed by atoms with Crippen LogP contribution >= 0.6 is 36.6 Å². The number of anilines is 2. The zero-order valence-electron chi connectivity index (χ0n) is 14.5. The first-order valence-electron chi connectivity index (χ1n) is 8.22. The number of thioether (sulfide) groups is 1. The summed E-state index contributed by atoms with van der Waals surface area (Å²) in [4.78, 5) is 14.7. The van der Waals surface area contributed by atoms with Gasteiger partial charge in [0.2, 0.25) is 5.91 Å². The van der Waals surface area contributed by atoms with Gasteiger partial charge < -0.3 is 11.1 Å². The molecule has 1 fully saturated rings. The van der Waals surface area contributed by atoms with E-state index in [1.54, 1.807) is 0 Å². The molecule has 7 heteroatoms. The van der Waals surface area contributed by atoms with Crippen LogP contribution in [0.2, 0.25) is 0 Å². The van der Waals surface area contributed by atoms with E-state index in [0.29, 0.717) is 12.1 Å². The number of nitrogen functional groups attached to an aromatic ring is 1. The SMILES string of the molecule is Cl.Cl.Nc1ccc(CC(=O)Nc2cccc(CN3CCSCC3)c2)cc1. The van der Waals surface area contributed by atoms with Crippen molar-refractivity contribution in [2.45, 2.75) is 13.0 Å². The van der Waals surface area contributed by atoms with Gasteiger partial charge in [-0.2, -0.15) is 11.8 Å². The molecule has 1 saturated heterocycles. The summed E-state index contributed by atoms with van der Waals surface area (Å²) in [6, 6.07) is 15.6. The van der Waals surface area contributed by atoms with E-state index in [9.17, 15) is 4.79 Å². The van der Waals surface area contributed by atoms with Crippen molar-refractivity contribution < 1.29 is 4.79 Å². The number of hydrogen-bond acceptors (Lipinski definition) is 4. The molecule has 1 aliphatic rings. The summed E-state index contributed by atoms with van der Waals surface area (Å²) in [5, 5.41) is 2.99. The monoisotopic (exact) mass is 413 g/mol. The summed E-state index contributed by atoms with van der Waals surface area (Å²) >= 11 is 2.02. The lowest BCUT2D eigenvalue weighted by Crippen LogP contribution is -2.31. The minimum atomic E-state index is -0.00806. The van der Waals surface area contributed by atoms with Crippen LogP contribution in [0.15, 0.2) is 48.5 Å². The fourth-order valence-corrected chi connectivity index (χ4v) is 3.77. The molecule has 2 aromatic carbocycles. The molecule has 0 aliphatic carbocycles. The zero-order chi connectivity index (χ0) is 16.8. The van der Waals surface area contributed by atoms with E-state index in [1.165, 1.54) is 17.1 Å². The first kappa shape index (κ1) is 22.6. The Hall–Kier alpha value is -1.40. The Balaban J connectivity index is 0.00000169. The van der Waals surface area contributed by atoms with Crippen molar-refractivity contribution in [1.29, 1.82) is 0 Å². The summed E-state index contributed by atoms with van der Waals surface area (Å²) in [5.41, 5.74) is 9.44. The van der Waals surface area contributed by atoms with E-state index in [1.807, 2.05) is 48.2 Å². The van der Waals surface area contributed by atoms with Crippen LogP contribution in [0, 0.1) is 0 Å². The molecule has 4 nitrogen and oxygen atoms in total. The van der Waals surface area contributed by atoms with Gasteiger partial charge in [0.25, 0.3) is 0 Å². The third-order valence-corrected chi connectivity index (χ3v) is 5.01. The first-order valence-corrected chi connectivity index (χ1v) is 9.38. The molecule has 2 aromatic rings. The second kappa shape index (κ2) is 11.3. The Kier molecular flexibility index (Phi) is 9.88. The van der Waals surface area contributed by atoms with Crippen molar-refractivity contribution in [2.24, 2.45) is 0 Å². The summed E-state index contributed by atoms with van der Waals surface area (Å²) in [5.74, 6) is 2.40. The second-order valence-electron chi connectivity index (χ2n) is 6.06. The van der Waals surface area contributed by atoms with Gasteiger partial charge in [-0.15, -0.1) is 24.8 Å². The number of carbonyl (C=O) groups excluding carboxylic acids is 1. The van der Waals surface area contributed by atoms with Crippen molar-refractivity contribution >= 4 is 53.9 Å². The van der Waals surface area contributed by atoms with Crippen LogP contribution in [0.5, 0.6) is 0 Å². The van der Waals surface area contributed by atoms with Crippen LogP contribution in [-0.4, -0.2) is 35.4 Å². The summed E-state index contributed by atoms with van der Waals surface area (Å²) in [6.45, 7) is 3.22. The molecule has 3 rings (SSSR count). The molecule has 0 atom stereocenters. The average molecular weight is 414 g/mol. The maximum absolute atomic E-state index is 12.2. The molecule has 0 bridgehead atoms. The van der Waals surface area contributed by atoms with Crippen molar-refractivity contribution in [1.82, 2.24) is 4.90 Å². The molecule has 1 aliphatic heterocycles. The molecular weight excluding hydrogens is 389 g/mol. The van der Waals surface area contributed by atoms with E-state index in [2.05, 4.69) is 22.3 Å². The lowest BCUT2D eigenvalue weighted by atomic mass is 10.1. The maximum atomic E-state index is 12.2. The van der Waals surface area contributed by atoms with Crippen LogP contribution in [0.3, 0.4) is 0 Å². The molecule has 0 aromatic heterocycles. The number of hydrogen-bond donors (Lipinski definition) is 2. The van der Waals surface area contributed by atoms with E-state index < -0.39 is 0 Å². The normalized spacial score (nSPS) is 14.0. The van der Waals surface area contributed by atoms with Crippen molar-refractivity contribution in [3.63, 3.8) is 0 Å². The van der Waals surface area contributed by atoms with Crippen LogP contribution in [0.1, 0.15) is 11.1 Å². The molecule has 0 spiro atoms. The van der Waals surface area contributed by atoms with Gasteiger partial charge in [-0.1, -0.05) is 24.3 Å². The lowest BCUT2D eigenvalue weighted by Gasteiger charge is -2.26. The van der Waals surface area contributed by atoms with Crippen LogP contribution in [0.4, 0.5) is 11.4 Å². The Morgan fingerprint density at radius 1 is 1.04 bits per heavy atom. The summed E-state index contributed by atoms with van der Waals surface area (Å²) in [6.07, 6.45) is 0.355. The highest BCUT2D eigenvalue weighted by molar-refractivity contribution is 7.99. The molecule has 0 saturated carbocycles. The van der Waals surface area contributed by atoms with Gasteiger partial charge in [-0.05, 0) is 35.4 Å².